The Bertz CT molecular complexity index is 580. The number of piperidine rings is 1. The molecule has 0 aliphatic carbocycles. The van der Waals surface area contributed by atoms with Crippen LogP contribution in [-0.4, -0.2) is 42.1 Å². The first kappa shape index (κ1) is 16.9. The fourth-order valence-electron chi connectivity index (χ4n) is 3.53. The number of nitrogens with one attached hydrogen (secondary N) is 1. The Balaban J connectivity index is 1.55. The Hall–Kier alpha value is -0.970. The quantitative estimate of drug-likeness (QED) is 0.874. The van der Waals surface area contributed by atoms with E-state index >= 15 is 0 Å². The molecule has 2 saturated heterocycles. The first-order valence-electron chi connectivity index (χ1n) is 8.21. The first-order valence-corrected chi connectivity index (χ1v) is 8.96. The van der Waals surface area contributed by atoms with Crippen molar-refractivity contribution in [2.75, 3.05) is 26.2 Å². The highest BCUT2D eigenvalue weighted by atomic mass is 35.5. The van der Waals surface area contributed by atoms with E-state index in [1.807, 2.05) is 4.90 Å². The Morgan fingerprint density at radius 1 is 1.22 bits per heavy atom. The number of phenols is 1. The minimum absolute atomic E-state index is 0.158. The lowest BCUT2D eigenvalue weighted by Crippen LogP contribution is -2.42. The number of benzene rings is 1. The smallest absolute Gasteiger partial charge is 0.227 e. The molecule has 0 aromatic heterocycles. The molecule has 2 heterocycles. The number of hydrogen-bond donors (Lipinski definition) is 2. The largest absolute Gasteiger partial charge is 0.508 e. The molecule has 1 amide bonds. The second-order valence-corrected chi connectivity index (χ2v) is 7.37. The normalized spacial score (nSPS) is 22.5. The van der Waals surface area contributed by atoms with Crippen LogP contribution in [0.5, 0.6) is 5.75 Å². The standard InChI is InChI=1S/C17H22Cl2N2O2/c18-14-8-13(16(22)9-15(14)19)7-11-2-5-21(6-3-11)17(23)12-1-4-20-10-12/h8-9,11-12,20,22H,1-7,10H2/t12-/m1/s1. The van der Waals surface area contributed by atoms with Gasteiger partial charge in [-0.2, -0.15) is 0 Å². The molecule has 0 bridgehead atoms. The fraction of sp³-hybridized carbons (Fsp3) is 0.588. The van der Waals surface area contributed by atoms with Crippen molar-refractivity contribution < 1.29 is 9.90 Å². The number of hydrogen-bond acceptors (Lipinski definition) is 3. The number of nitrogens with zero attached hydrogens (tertiary/aromatic N) is 1. The Labute approximate surface area is 146 Å². The van der Waals surface area contributed by atoms with Crippen molar-refractivity contribution in [1.29, 1.82) is 0 Å². The molecule has 1 atom stereocenters. The average molecular weight is 357 g/mol. The molecule has 1 aromatic rings. The minimum atomic E-state index is 0.158. The number of carbonyl (C=O) groups is 1. The van der Waals surface area contributed by atoms with Gasteiger partial charge in [-0.05, 0) is 49.8 Å². The van der Waals surface area contributed by atoms with Gasteiger partial charge in [0, 0.05) is 25.7 Å². The fourth-order valence-corrected chi connectivity index (χ4v) is 3.88. The summed E-state index contributed by atoms with van der Waals surface area (Å²) in [5.41, 5.74) is 0.837. The van der Waals surface area contributed by atoms with Crippen LogP contribution in [-0.2, 0) is 11.2 Å². The van der Waals surface area contributed by atoms with Crippen molar-refractivity contribution >= 4 is 29.1 Å². The predicted octanol–water partition coefficient (Wildman–Crippen LogP) is 3.09. The van der Waals surface area contributed by atoms with Gasteiger partial charge >= 0.3 is 0 Å². The summed E-state index contributed by atoms with van der Waals surface area (Å²) >= 11 is 11.9. The lowest BCUT2D eigenvalue weighted by Gasteiger charge is -2.33. The summed E-state index contributed by atoms with van der Waals surface area (Å²) in [6, 6.07) is 3.26. The van der Waals surface area contributed by atoms with E-state index in [0.29, 0.717) is 21.9 Å². The topological polar surface area (TPSA) is 52.6 Å². The second kappa shape index (κ2) is 7.29. The number of carbonyl (C=O) groups excluding carboxylic acids is 1. The summed E-state index contributed by atoms with van der Waals surface area (Å²) in [6.07, 6.45) is 3.66. The molecule has 1 aromatic carbocycles. The SMILES string of the molecule is O=C([C@@H]1CCNC1)N1CCC(Cc2cc(Cl)c(Cl)cc2O)CC1. The van der Waals surface area contributed by atoms with E-state index < -0.39 is 0 Å². The van der Waals surface area contributed by atoms with Gasteiger partial charge in [0.1, 0.15) is 5.75 Å². The third-order valence-corrected chi connectivity index (χ3v) is 5.69. The number of aromatic hydroxyl groups is 1. The molecule has 0 spiro atoms. The third kappa shape index (κ3) is 3.93. The summed E-state index contributed by atoms with van der Waals surface area (Å²) in [7, 11) is 0. The van der Waals surface area contributed by atoms with Gasteiger partial charge in [0.05, 0.1) is 16.0 Å². The molecule has 2 N–H and O–H groups in total. The molecule has 2 fully saturated rings. The van der Waals surface area contributed by atoms with Gasteiger partial charge in [-0.25, -0.2) is 0 Å². The van der Waals surface area contributed by atoms with E-state index in [4.69, 9.17) is 23.2 Å². The van der Waals surface area contributed by atoms with Gasteiger partial charge in [-0.3, -0.25) is 4.79 Å². The van der Waals surface area contributed by atoms with Crippen molar-refractivity contribution in [2.24, 2.45) is 11.8 Å². The zero-order chi connectivity index (χ0) is 16.4. The minimum Gasteiger partial charge on any atom is -0.508 e. The van der Waals surface area contributed by atoms with Crippen molar-refractivity contribution in [1.82, 2.24) is 10.2 Å². The van der Waals surface area contributed by atoms with Crippen molar-refractivity contribution in [3.05, 3.63) is 27.7 Å². The maximum Gasteiger partial charge on any atom is 0.227 e. The van der Waals surface area contributed by atoms with Crippen LogP contribution in [0, 0.1) is 11.8 Å². The summed E-state index contributed by atoms with van der Waals surface area (Å²) < 4.78 is 0. The van der Waals surface area contributed by atoms with E-state index in [0.717, 1.165) is 57.4 Å². The van der Waals surface area contributed by atoms with Crippen molar-refractivity contribution in [3.63, 3.8) is 0 Å². The Morgan fingerprint density at radius 2 is 1.91 bits per heavy atom. The molecule has 6 heteroatoms. The number of likely N-dealkylation sites (tertiary alicyclic amines) is 1. The van der Waals surface area contributed by atoms with E-state index in [9.17, 15) is 9.90 Å². The van der Waals surface area contributed by atoms with E-state index in [1.54, 1.807) is 6.07 Å². The van der Waals surface area contributed by atoms with Gasteiger partial charge in [-0.1, -0.05) is 23.2 Å². The molecule has 0 unspecified atom stereocenters. The van der Waals surface area contributed by atoms with Gasteiger partial charge < -0.3 is 15.3 Å². The molecular weight excluding hydrogens is 335 g/mol. The predicted molar refractivity (Wildman–Crippen MR) is 92.1 cm³/mol. The van der Waals surface area contributed by atoms with Crippen LogP contribution in [0.4, 0.5) is 0 Å². The van der Waals surface area contributed by atoms with E-state index in [-0.39, 0.29) is 11.7 Å². The lowest BCUT2D eigenvalue weighted by molar-refractivity contribution is -0.136. The molecule has 2 aliphatic rings. The number of phenolic OH excluding ortho intramolecular Hbond substituents is 1. The highest BCUT2D eigenvalue weighted by Gasteiger charge is 2.30. The molecule has 2 aliphatic heterocycles. The Morgan fingerprint density at radius 3 is 2.57 bits per heavy atom. The van der Waals surface area contributed by atoms with E-state index in [1.165, 1.54) is 6.07 Å². The van der Waals surface area contributed by atoms with Crippen LogP contribution in [0.15, 0.2) is 12.1 Å². The maximum atomic E-state index is 12.4. The van der Waals surface area contributed by atoms with Gasteiger partial charge in [0.25, 0.3) is 0 Å². The second-order valence-electron chi connectivity index (χ2n) is 6.56. The van der Waals surface area contributed by atoms with Crippen molar-refractivity contribution in [3.8, 4) is 5.75 Å². The van der Waals surface area contributed by atoms with Crippen LogP contribution in [0.3, 0.4) is 0 Å². The number of amides is 1. The molecular formula is C17H22Cl2N2O2. The summed E-state index contributed by atoms with van der Waals surface area (Å²) in [6.45, 7) is 3.38. The zero-order valence-electron chi connectivity index (χ0n) is 13.0. The number of rotatable bonds is 3. The van der Waals surface area contributed by atoms with E-state index in [2.05, 4.69) is 5.32 Å². The molecule has 23 heavy (non-hydrogen) atoms. The summed E-state index contributed by atoms with van der Waals surface area (Å²) in [5.74, 6) is 1.12. The van der Waals surface area contributed by atoms with Crippen LogP contribution in [0.25, 0.3) is 0 Å². The molecule has 4 nitrogen and oxygen atoms in total. The lowest BCUT2D eigenvalue weighted by atomic mass is 9.89. The number of halogens is 2. The van der Waals surface area contributed by atoms with Gasteiger partial charge in [-0.15, -0.1) is 0 Å². The summed E-state index contributed by atoms with van der Waals surface area (Å²) in [5, 5.41) is 14.1. The first-order chi connectivity index (χ1) is 11.0. The molecule has 126 valence electrons. The van der Waals surface area contributed by atoms with Gasteiger partial charge in [0.15, 0.2) is 0 Å². The molecule has 0 radical (unpaired) electrons. The maximum absolute atomic E-state index is 12.4. The van der Waals surface area contributed by atoms with Gasteiger partial charge in [0.2, 0.25) is 5.91 Å². The van der Waals surface area contributed by atoms with Crippen LogP contribution in [0.1, 0.15) is 24.8 Å². The molecule has 3 rings (SSSR count). The molecule has 0 saturated carbocycles. The highest BCUT2D eigenvalue weighted by Crippen LogP contribution is 2.33. The van der Waals surface area contributed by atoms with Crippen LogP contribution < -0.4 is 5.32 Å². The monoisotopic (exact) mass is 356 g/mol. The average Bonchev–Trinajstić information content (AvgIpc) is 3.07. The third-order valence-electron chi connectivity index (χ3n) is 4.97. The highest BCUT2D eigenvalue weighted by molar-refractivity contribution is 6.42. The summed E-state index contributed by atoms with van der Waals surface area (Å²) in [4.78, 5) is 14.4. The van der Waals surface area contributed by atoms with Crippen molar-refractivity contribution in [2.45, 2.75) is 25.7 Å². The van der Waals surface area contributed by atoms with Crippen LogP contribution >= 0.6 is 23.2 Å². The van der Waals surface area contributed by atoms with Crippen LogP contribution in [0.2, 0.25) is 10.0 Å². The Kier molecular flexibility index (Phi) is 5.34. The zero-order valence-corrected chi connectivity index (χ0v) is 14.5.